The van der Waals surface area contributed by atoms with Gasteiger partial charge in [-0.3, -0.25) is 0 Å². The van der Waals surface area contributed by atoms with Crippen LogP contribution in [-0.4, -0.2) is 49.2 Å². The molecule has 1 saturated heterocycles. The molecular weight excluding hydrogens is 248 g/mol. The van der Waals surface area contributed by atoms with E-state index in [1.54, 1.807) is 0 Å². The number of nitrogens with one attached hydrogen (secondary N) is 1. The van der Waals surface area contributed by atoms with E-state index in [1.807, 2.05) is 12.3 Å². The van der Waals surface area contributed by atoms with Crippen molar-refractivity contribution < 1.29 is 0 Å². The Hall–Kier alpha value is -1.13. The third-order valence-electron chi connectivity index (χ3n) is 4.10. The maximum absolute atomic E-state index is 4.65. The highest BCUT2D eigenvalue weighted by atomic mass is 15.3. The molecule has 112 valence electrons. The molecular formula is C16H28N4. The average molecular weight is 276 g/mol. The number of pyridine rings is 1. The number of hydrogen-bond donors (Lipinski definition) is 1. The lowest BCUT2D eigenvalue weighted by molar-refractivity contribution is 0.270. The SMILES string of the molecule is CCCNC(C)c1cccnc1N1CCN(CC)CC1. The van der Waals surface area contributed by atoms with E-state index in [1.165, 1.54) is 11.4 Å². The monoisotopic (exact) mass is 276 g/mol. The minimum atomic E-state index is 0.364. The Morgan fingerprint density at radius 2 is 2.00 bits per heavy atom. The summed E-state index contributed by atoms with van der Waals surface area (Å²) in [6.07, 6.45) is 3.08. The van der Waals surface area contributed by atoms with Gasteiger partial charge < -0.3 is 15.1 Å². The molecule has 1 aliphatic heterocycles. The van der Waals surface area contributed by atoms with Crippen molar-refractivity contribution in [2.45, 2.75) is 33.2 Å². The van der Waals surface area contributed by atoms with Crippen LogP contribution in [0.15, 0.2) is 18.3 Å². The van der Waals surface area contributed by atoms with E-state index < -0.39 is 0 Å². The van der Waals surface area contributed by atoms with Crippen molar-refractivity contribution in [2.75, 3.05) is 44.2 Å². The molecule has 0 spiro atoms. The highest BCUT2D eigenvalue weighted by molar-refractivity contribution is 5.48. The predicted octanol–water partition coefficient (Wildman–Crippen LogP) is 2.28. The van der Waals surface area contributed by atoms with Crippen molar-refractivity contribution in [1.82, 2.24) is 15.2 Å². The minimum Gasteiger partial charge on any atom is -0.354 e. The van der Waals surface area contributed by atoms with E-state index in [4.69, 9.17) is 0 Å². The summed E-state index contributed by atoms with van der Waals surface area (Å²) in [5.41, 5.74) is 1.32. The van der Waals surface area contributed by atoms with Gasteiger partial charge in [-0.15, -0.1) is 0 Å². The van der Waals surface area contributed by atoms with Crippen LogP contribution in [0.3, 0.4) is 0 Å². The minimum absolute atomic E-state index is 0.364. The van der Waals surface area contributed by atoms with Crippen LogP contribution in [0.5, 0.6) is 0 Å². The molecule has 1 fully saturated rings. The van der Waals surface area contributed by atoms with E-state index >= 15 is 0 Å². The topological polar surface area (TPSA) is 31.4 Å². The van der Waals surface area contributed by atoms with E-state index in [2.05, 4.69) is 46.9 Å². The standard InChI is InChI=1S/C16H28N4/c1-4-8-17-14(3)15-7-6-9-18-16(15)20-12-10-19(5-2)11-13-20/h6-7,9,14,17H,4-5,8,10-13H2,1-3H3. The molecule has 4 nitrogen and oxygen atoms in total. The van der Waals surface area contributed by atoms with Crippen LogP contribution in [0, 0.1) is 0 Å². The predicted molar refractivity (Wildman–Crippen MR) is 85.3 cm³/mol. The summed E-state index contributed by atoms with van der Waals surface area (Å²) in [6.45, 7) is 13.3. The van der Waals surface area contributed by atoms with Crippen LogP contribution in [0.1, 0.15) is 38.8 Å². The number of anilines is 1. The number of hydrogen-bond acceptors (Lipinski definition) is 4. The van der Waals surface area contributed by atoms with Gasteiger partial charge in [0.05, 0.1) is 0 Å². The zero-order valence-corrected chi connectivity index (χ0v) is 13.1. The van der Waals surface area contributed by atoms with Crippen molar-refractivity contribution in [3.05, 3.63) is 23.9 Å². The first-order valence-corrected chi connectivity index (χ1v) is 7.91. The van der Waals surface area contributed by atoms with Crippen LogP contribution in [-0.2, 0) is 0 Å². The maximum Gasteiger partial charge on any atom is 0.133 e. The lowest BCUT2D eigenvalue weighted by atomic mass is 10.1. The van der Waals surface area contributed by atoms with Crippen LogP contribution in [0.25, 0.3) is 0 Å². The molecule has 0 amide bonds. The Morgan fingerprint density at radius 3 is 2.65 bits per heavy atom. The van der Waals surface area contributed by atoms with Crippen LogP contribution in [0.4, 0.5) is 5.82 Å². The van der Waals surface area contributed by atoms with Gasteiger partial charge in [0.15, 0.2) is 0 Å². The summed E-state index contributed by atoms with van der Waals surface area (Å²) in [5.74, 6) is 1.17. The molecule has 1 unspecified atom stereocenters. The van der Waals surface area contributed by atoms with E-state index in [0.29, 0.717) is 6.04 Å². The number of aromatic nitrogens is 1. The fourth-order valence-corrected chi connectivity index (χ4v) is 2.76. The maximum atomic E-state index is 4.65. The summed E-state index contributed by atoms with van der Waals surface area (Å²) in [4.78, 5) is 9.58. The molecule has 1 aliphatic rings. The molecule has 0 bridgehead atoms. The molecule has 2 rings (SSSR count). The van der Waals surface area contributed by atoms with Crippen molar-refractivity contribution in [2.24, 2.45) is 0 Å². The molecule has 1 N–H and O–H groups in total. The van der Waals surface area contributed by atoms with Crippen molar-refractivity contribution in [3.63, 3.8) is 0 Å². The highest BCUT2D eigenvalue weighted by Gasteiger charge is 2.20. The van der Waals surface area contributed by atoms with Gasteiger partial charge in [0.1, 0.15) is 5.82 Å². The van der Waals surface area contributed by atoms with Gasteiger partial charge in [0, 0.05) is 44.0 Å². The Labute approximate surface area is 123 Å². The normalized spacial score (nSPS) is 18.2. The Morgan fingerprint density at radius 1 is 1.25 bits per heavy atom. The summed E-state index contributed by atoms with van der Waals surface area (Å²) in [7, 11) is 0. The van der Waals surface area contributed by atoms with Gasteiger partial charge in [-0.1, -0.05) is 19.9 Å². The molecule has 20 heavy (non-hydrogen) atoms. The smallest absolute Gasteiger partial charge is 0.133 e. The Kier molecular flexibility index (Phi) is 5.80. The second-order valence-corrected chi connectivity index (χ2v) is 5.51. The molecule has 1 aromatic rings. The molecule has 0 aliphatic carbocycles. The highest BCUT2D eigenvalue weighted by Crippen LogP contribution is 2.24. The molecule has 0 aromatic carbocycles. The second-order valence-electron chi connectivity index (χ2n) is 5.51. The molecule has 4 heteroatoms. The fourth-order valence-electron chi connectivity index (χ4n) is 2.76. The molecule has 0 radical (unpaired) electrons. The largest absolute Gasteiger partial charge is 0.354 e. The first kappa shape index (κ1) is 15.3. The van der Waals surface area contributed by atoms with Crippen LogP contribution in [0.2, 0.25) is 0 Å². The first-order chi connectivity index (χ1) is 9.76. The Balaban J connectivity index is 2.08. The summed E-state index contributed by atoms with van der Waals surface area (Å²) >= 11 is 0. The number of likely N-dealkylation sites (N-methyl/N-ethyl adjacent to an activating group) is 1. The summed E-state index contributed by atoms with van der Waals surface area (Å²) < 4.78 is 0. The third-order valence-corrected chi connectivity index (χ3v) is 4.10. The average Bonchev–Trinajstić information content (AvgIpc) is 2.52. The fraction of sp³-hybridized carbons (Fsp3) is 0.688. The number of rotatable bonds is 6. The summed E-state index contributed by atoms with van der Waals surface area (Å²) in [5, 5.41) is 3.57. The van der Waals surface area contributed by atoms with Gasteiger partial charge in [-0.2, -0.15) is 0 Å². The van der Waals surface area contributed by atoms with E-state index in [-0.39, 0.29) is 0 Å². The number of nitrogens with zero attached hydrogens (tertiary/aromatic N) is 3. The molecule has 1 aromatic heterocycles. The quantitative estimate of drug-likeness (QED) is 0.864. The van der Waals surface area contributed by atoms with Crippen molar-refractivity contribution in [1.29, 1.82) is 0 Å². The first-order valence-electron chi connectivity index (χ1n) is 7.91. The number of piperazine rings is 1. The van der Waals surface area contributed by atoms with E-state index in [0.717, 1.165) is 45.7 Å². The zero-order chi connectivity index (χ0) is 14.4. The van der Waals surface area contributed by atoms with Gasteiger partial charge in [0.2, 0.25) is 0 Å². The molecule has 1 atom stereocenters. The van der Waals surface area contributed by atoms with Gasteiger partial charge in [-0.05, 0) is 32.5 Å². The van der Waals surface area contributed by atoms with Gasteiger partial charge >= 0.3 is 0 Å². The van der Waals surface area contributed by atoms with Crippen LogP contribution >= 0.6 is 0 Å². The molecule has 2 heterocycles. The van der Waals surface area contributed by atoms with Gasteiger partial charge in [0.25, 0.3) is 0 Å². The van der Waals surface area contributed by atoms with Crippen molar-refractivity contribution >= 4 is 5.82 Å². The lowest BCUT2D eigenvalue weighted by Crippen LogP contribution is -2.47. The third kappa shape index (κ3) is 3.70. The lowest BCUT2D eigenvalue weighted by Gasteiger charge is -2.36. The van der Waals surface area contributed by atoms with Gasteiger partial charge in [-0.25, -0.2) is 4.98 Å². The van der Waals surface area contributed by atoms with E-state index in [9.17, 15) is 0 Å². The van der Waals surface area contributed by atoms with Crippen LogP contribution < -0.4 is 10.2 Å². The zero-order valence-electron chi connectivity index (χ0n) is 13.1. The molecule has 0 saturated carbocycles. The second kappa shape index (κ2) is 7.60. The summed E-state index contributed by atoms with van der Waals surface area (Å²) in [6, 6.07) is 4.62. The Bertz CT molecular complexity index is 399. The van der Waals surface area contributed by atoms with Crippen molar-refractivity contribution in [3.8, 4) is 0 Å².